The Morgan fingerprint density at radius 3 is 2.71 bits per heavy atom. The molecule has 0 saturated carbocycles. The molecule has 0 heterocycles. The molecule has 3 heteroatoms. The normalized spacial score (nSPS) is 15.1. The molecule has 0 saturated heterocycles. The molecule has 1 aliphatic carbocycles. The molecule has 3 N–H and O–H groups in total. The zero-order valence-corrected chi connectivity index (χ0v) is 3.77. The third kappa shape index (κ3) is 1.26. The van der Waals surface area contributed by atoms with Gasteiger partial charge in [-0.25, -0.2) is 4.79 Å². The van der Waals surface area contributed by atoms with E-state index in [2.05, 4.69) is 5.32 Å². The third-order valence-electron chi connectivity index (χ3n) is 0.692. The molecule has 38 valence electrons. The largest absolute Gasteiger partial charge is 0.351 e. The van der Waals surface area contributed by atoms with E-state index >= 15 is 0 Å². The number of urea groups is 1. The molecule has 0 radical (unpaired) electrons. The van der Waals surface area contributed by atoms with Crippen molar-refractivity contribution in [2.75, 3.05) is 0 Å². The number of hydrogen-bond donors (Lipinski definition) is 2. The van der Waals surface area contributed by atoms with Gasteiger partial charge in [-0.3, -0.25) is 0 Å². The van der Waals surface area contributed by atoms with Gasteiger partial charge in [0.25, 0.3) is 0 Å². The minimum Gasteiger partial charge on any atom is -0.351 e. The third-order valence-corrected chi connectivity index (χ3v) is 0.692. The van der Waals surface area contributed by atoms with E-state index in [1.54, 1.807) is 0 Å². The number of nitrogens with one attached hydrogen (secondary N) is 1. The van der Waals surface area contributed by atoms with E-state index in [0.717, 1.165) is 12.1 Å². The van der Waals surface area contributed by atoms with Crippen LogP contribution in [0.1, 0.15) is 6.42 Å². The lowest BCUT2D eigenvalue weighted by molar-refractivity contribution is 0.251. The molecule has 0 bridgehead atoms. The number of carbonyl (C=O) groups is 1. The quantitative estimate of drug-likeness (QED) is 0.474. The Balaban J connectivity index is 2.21. The van der Waals surface area contributed by atoms with Gasteiger partial charge in [-0.2, -0.15) is 0 Å². The highest BCUT2D eigenvalue weighted by atomic mass is 16.2. The van der Waals surface area contributed by atoms with Gasteiger partial charge >= 0.3 is 6.03 Å². The zero-order valence-electron chi connectivity index (χ0n) is 3.77. The minimum absolute atomic E-state index is 0.469. The summed E-state index contributed by atoms with van der Waals surface area (Å²) in [5.41, 5.74) is 5.68. The van der Waals surface area contributed by atoms with Crippen LogP contribution in [0.5, 0.6) is 0 Å². The number of rotatable bonds is 1. The molecule has 7 heavy (non-hydrogen) atoms. The first-order chi connectivity index (χ1) is 3.29. The fourth-order valence-electron chi connectivity index (χ4n) is 0.311. The summed E-state index contributed by atoms with van der Waals surface area (Å²) < 4.78 is 0. The summed E-state index contributed by atoms with van der Waals surface area (Å²) in [6, 6.07) is -0.469. The summed E-state index contributed by atoms with van der Waals surface area (Å²) in [4.78, 5) is 9.92. The predicted molar refractivity (Wildman–Crippen MR) is 25.4 cm³/mol. The zero-order chi connectivity index (χ0) is 5.28. The number of nitrogens with two attached hydrogens (primary N) is 1. The van der Waals surface area contributed by atoms with Crippen molar-refractivity contribution in [3.63, 3.8) is 0 Å². The maximum absolute atomic E-state index is 9.92. The minimum atomic E-state index is -0.469. The van der Waals surface area contributed by atoms with Crippen molar-refractivity contribution in [1.82, 2.24) is 5.32 Å². The maximum Gasteiger partial charge on any atom is 0.316 e. The van der Waals surface area contributed by atoms with Crippen LogP contribution in [0.25, 0.3) is 0 Å². The highest BCUT2D eigenvalue weighted by molar-refractivity contribution is 5.74. The van der Waals surface area contributed by atoms with Crippen molar-refractivity contribution >= 4 is 6.03 Å². The molecule has 2 amide bonds. The smallest absolute Gasteiger partial charge is 0.316 e. The van der Waals surface area contributed by atoms with Gasteiger partial charge in [-0.15, -0.1) is 0 Å². The lowest BCUT2D eigenvalue weighted by Gasteiger charge is -1.87. The number of amides is 2. The Labute approximate surface area is 41.2 Å². The van der Waals surface area contributed by atoms with Crippen molar-refractivity contribution in [3.8, 4) is 0 Å². The fourth-order valence-corrected chi connectivity index (χ4v) is 0.311. The van der Waals surface area contributed by atoms with Crippen LogP contribution < -0.4 is 11.1 Å². The van der Waals surface area contributed by atoms with Crippen LogP contribution in [0, 0.1) is 0 Å². The Morgan fingerprint density at radius 2 is 2.57 bits per heavy atom. The topological polar surface area (TPSA) is 55.1 Å². The Bertz CT molecular complexity index is 128. The van der Waals surface area contributed by atoms with E-state index in [1.807, 2.05) is 6.08 Å². The Morgan fingerprint density at radius 1 is 2.00 bits per heavy atom. The number of allylic oxidation sites excluding steroid dienone is 2. The number of primary amides is 1. The average Bonchev–Trinajstić information content (AvgIpc) is 2.17. The number of hydrogen-bond acceptors (Lipinski definition) is 1. The molecule has 0 unspecified atom stereocenters. The summed E-state index contributed by atoms with van der Waals surface area (Å²) >= 11 is 0. The molecule has 0 fully saturated rings. The summed E-state index contributed by atoms with van der Waals surface area (Å²) in [6.45, 7) is 0. The molecule has 3 nitrogen and oxygen atoms in total. The van der Waals surface area contributed by atoms with E-state index in [-0.39, 0.29) is 0 Å². The van der Waals surface area contributed by atoms with Gasteiger partial charge in [0.05, 0.1) is 0 Å². The molecule has 0 spiro atoms. The van der Waals surface area contributed by atoms with Crippen molar-refractivity contribution in [1.29, 1.82) is 0 Å². The first-order valence-electron chi connectivity index (χ1n) is 2.04. The molecular formula is C4H6N2O. The fraction of sp³-hybridized carbons (Fsp3) is 0.250. The van der Waals surface area contributed by atoms with Crippen LogP contribution in [-0.4, -0.2) is 6.03 Å². The number of carbonyl (C=O) groups excluding carboxylic acids is 1. The molecule has 0 aromatic rings. The molecule has 0 atom stereocenters. The molecule has 0 aliphatic heterocycles. The Hall–Kier alpha value is -0.990. The second-order valence-electron chi connectivity index (χ2n) is 1.42. The first kappa shape index (κ1) is 4.18. The standard InChI is InChI=1S/C4H6N2O/c5-4(7)6-3-1-2-3/h1H,2H2,(H3,5,6,7). The van der Waals surface area contributed by atoms with E-state index in [1.165, 1.54) is 0 Å². The monoisotopic (exact) mass is 98.0 g/mol. The van der Waals surface area contributed by atoms with Gasteiger partial charge in [-0.1, -0.05) is 6.08 Å². The Kier molecular flexibility index (Phi) is 0.749. The van der Waals surface area contributed by atoms with Gasteiger partial charge in [0.15, 0.2) is 0 Å². The second-order valence-corrected chi connectivity index (χ2v) is 1.42. The summed E-state index contributed by atoms with van der Waals surface area (Å²) in [5.74, 6) is 0. The van der Waals surface area contributed by atoms with E-state index in [4.69, 9.17) is 5.73 Å². The van der Waals surface area contributed by atoms with Crippen LogP contribution in [-0.2, 0) is 0 Å². The van der Waals surface area contributed by atoms with E-state index in [9.17, 15) is 4.79 Å². The molecular weight excluding hydrogens is 92.1 g/mol. The van der Waals surface area contributed by atoms with Gasteiger partial charge in [0.1, 0.15) is 0 Å². The molecule has 0 aromatic heterocycles. The highest BCUT2D eigenvalue weighted by Crippen LogP contribution is 2.12. The van der Waals surface area contributed by atoms with Crippen molar-refractivity contribution in [2.24, 2.45) is 5.73 Å². The predicted octanol–water partition coefficient (Wildman–Crippen LogP) is -0.0577. The van der Waals surface area contributed by atoms with E-state index < -0.39 is 6.03 Å². The van der Waals surface area contributed by atoms with Crippen molar-refractivity contribution in [2.45, 2.75) is 6.42 Å². The molecule has 1 rings (SSSR count). The van der Waals surface area contributed by atoms with Gasteiger partial charge < -0.3 is 11.1 Å². The summed E-state index contributed by atoms with van der Waals surface area (Å²) in [5, 5.41) is 2.42. The van der Waals surface area contributed by atoms with Crippen LogP contribution in [0.2, 0.25) is 0 Å². The summed E-state index contributed by atoms with van der Waals surface area (Å²) in [6.07, 6.45) is 2.79. The second kappa shape index (κ2) is 1.26. The highest BCUT2D eigenvalue weighted by Gasteiger charge is 2.06. The lowest BCUT2D eigenvalue weighted by Crippen LogP contribution is -2.25. The van der Waals surface area contributed by atoms with Crippen molar-refractivity contribution in [3.05, 3.63) is 11.8 Å². The van der Waals surface area contributed by atoms with Gasteiger partial charge in [0, 0.05) is 12.1 Å². The van der Waals surface area contributed by atoms with Crippen LogP contribution in [0.15, 0.2) is 11.8 Å². The first-order valence-corrected chi connectivity index (χ1v) is 2.04. The average molecular weight is 98.1 g/mol. The van der Waals surface area contributed by atoms with Crippen LogP contribution in [0.4, 0.5) is 4.79 Å². The maximum atomic E-state index is 9.92. The van der Waals surface area contributed by atoms with Gasteiger partial charge in [-0.05, 0) is 0 Å². The van der Waals surface area contributed by atoms with Crippen LogP contribution in [0.3, 0.4) is 0 Å². The molecule has 0 aromatic carbocycles. The molecule has 1 aliphatic rings. The SMILES string of the molecule is NC(=O)NC1=CC1. The summed E-state index contributed by atoms with van der Waals surface area (Å²) in [7, 11) is 0. The van der Waals surface area contributed by atoms with Gasteiger partial charge in [0.2, 0.25) is 0 Å². The lowest BCUT2D eigenvalue weighted by atomic mass is 10.7. The van der Waals surface area contributed by atoms with E-state index in [0.29, 0.717) is 0 Å². The van der Waals surface area contributed by atoms with Crippen LogP contribution >= 0.6 is 0 Å². The van der Waals surface area contributed by atoms with Crippen molar-refractivity contribution < 1.29 is 4.79 Å².